The summed E-state index contributed by atoms with van der Waals surface area (Å²) in [5.41, 5.74) is 0.618. The van der Waals surface area contributed by atoms with Crippen molar-refractivity contribution in [2.24, 2.45) is 0 Å². The molecular weight excluding hydrogens is 443 g/mol. The molecule has 0 N–H and O–H groups in total. The van der Waals surface area contributed by atoms with E-state index in [-0.39, 0.29) is 16.7 Å². The molecule has 1 aliphatic heterocycles. The van der Waals surface area contributed by atoms with E-state index >= 15 is 0 Å². The molecule has 8 heteroatoms. The number of esters is 3. The maximum Gasteiger partial charge on any atom is 0.338 e. The van der Waals surface area contributed by atoms with Crippen molar-refractivity contribution < 1.29 is 37.7 Å². The van der Waals surface area contributed by atoms with Gasteiger partial charge >= 0.3 is 17.9 Å². The second-order valence-electron chi connectivity index (χ2n) is 7.47. The van der Waals surface area contributed by atoms with Crippen LogP contribution in [0.3, 0.4) is 0 Å². The van der Waals surface area contributed by atoms with Gasteiger partial charge in [-0.15, -0.1) is 0 Å². The molecule has 1 aliphatic rings. The van der Waals surface area contributed by atoms with E-state index < -0.39 is 49.2 Å². The first kappa shape index (κ1) is 23.1. The topological polar surface area (TPSA) is 88.1 Å². The molecular formula is C26H21FO7. The van der Waals surface area contributed by atoms with Gasteiger partial charge in [-0.2, -0.15) is 0 Å². The van der Waals surface area contributed by atoms with Crippen molar-refractivity contribution in [3.63, 3.8) is 0 Å². The number of benzene rings is 3. The third-order valence-corrected chi connectivity index (χ3v) is 5.14. The predicted molar refractivity (Wildman–Crippen MR) is 118 cm³/mol. The Bertz CT molecular complexity index is 1120. The SMILES string of the molecule is O=C(O[C@@H]1[C@H](OC(=O)c2ccccc2)[C@H](OC(=O)c2ccccc2)CO[C@H]1F)c1ccccc1. The van der Waals surface area contributed by atoms with E-state index in [1.54, 1.807) is 66.7 Å². The number of carbonyl (C=O) groups is 3. The Hall–Kier alpha value is -4.04. The van der Waals surface area contributed by atoms with Gasteiger partial charge in [0.15, 0.2) is 18.3 Å². The maximum absolute atomic E-state index is 14.8. The fourth-order valence-corrected chi connectivity index (χ4v) is 3.41. The van der Waals surface area contributed by atoms with E-state index in [9.17, 15) is 18.8 Å². The highest BCUT2D eigenvalue weighted by molar-refractivity contribution is 5.91. The van der Waals surface area contributed by atoms with Crippen molar-refractivity contribution in [3.05, 3.63) is 108 Å². The van der Waals surface area contributed by atoms with Gasteiger partial charge in [-0.3, -0.25) is 0 Å². The van der Waals surface area contributed by atoms with Crippen molar-refractivity contribution in [1.29, 1.82) is 0 Å². The molecule has 174 valence electrons. The molecule has 0 amide bonds. The smallest absolute Gasteiger partial charge is 0.338 e. The Morgan fingerprint density at radius 1 is 0.618 bits per heavy atom. The largest absolute Gasteiger partial charge is 0.452 e. The van der Waals surface area contributed by atoms with Crippen LogP contribution in [0.4, 0.5) is 4.39 Å². The normalized spacial score (nSPS) is 21.8. The number of ether oxygens (including phenoxy) is 4. The van der Waals surface area contributed by atoms with E-state index in [2.05, 4.69) is 0 Å². The highest BCUT2D eigenvalue weighted by Crippen LogP contribution is 2.27. The first-order chi connectivity index (χ1) is 16.5. The van der Waals surface area contributed by atoms with Gasteiger partial charge in [-0.05, 0) is 36.4 Å². The standard InChI is InChI=1S/C26H21FO7/c27-23-22(34-26(30)19-14-8-3-9-15-19)21(33-25(29)18-12-6-2-7-13-18)20(16-31-23)32-24(28)17-10-4-1-5-11-17/h1-15,20-23H,16H2/t20-,21-,22-,23-/m1/s1. The highest BCUT2D eigenvalue weighted by Gasteiger charge is 2.48. The molecule has 34 heavy (non-hydrogen) atoms. The van der Waals surface area contributed by atoms with Gasteiger partial charge in [-0.1, -0.05) is 54.6 Å². The molecule has 1 heterocycles. The lowest BCUT2D eigenvalue weighted by atomic mass is 10.0. The minimum atomic E-state index is -2.10. The van der Waals surface area contributed by atoms with Crippen LogP contribution in [-0.2, 0) is 18.9 Å². The molecule has 0 aromatic heterocycles. The molecule has 1 fully saturated rings. The lowest BCUT2D eigenvalue weighted by Gasteiger charge is -2.37. The molecule has 0 bridgehead atoms. The van der Waals surface area contributed by atoms with E-state index in [1.807, 2.05) is 0 Å². The van der Waals surface area contributed by atoms with Crippen LogP contribution in [0.1, 0.15) is 31.1 Å². The van der Waals surface area contributed by atoms with Crippen molar-refractivity contribution in [3.8, 4) is 0 Å². The van der Waals surface area contributed by atoms with Crippen LogP contribution in [0.5, 0.6) is 0 Å². The second-order valence-corrected chi connectivity index (χ2v) is 7.47. The summed E-state index contributed by atoms with van der Waals surface area (Å²) in [7, 11) is 0. The van der Waals surface area contributed by atoms with Crippen molar-refractivity contribution in [2.75, 3.05) is 6.61 Å². The third kappa shape index (κ3) is 5.47. The first-order valence-corrected chi connectivity index (χ1v) is 10.6. The summed E-state index contributed by atoms with van der Waals surface area (Å²) in [5, 5.41) is 0. The minimum Gasteiger partial charge on any atom is -0.452 e. The third-order valence-electron chi connectivity index (χ3n) is 5.14. The molecule has 0 saturated carbocycles. The Morgan fingerprint density at radius 3 is 1.44 bits per heavy atom. The molecule has 4 rings (SSSR count). The van der Waals surface area contributed by atoms with Crippen LogP contribution >= 0.6 is 0 Å². The average molecular weight is 464 g/mol. The fourth-order valence-electron chi connectivity index (χ4n) is 3.41. The van der Waals surface area contributed by atoms with Gasteiger partial charge < -0.3 is 18.9 Å². The van der Waals surface area contributed by atoms with Gasteiger partial charge in [-0.25, -0.2) is 18.8 Å². The van der Waals surface area contributed by atoms with E-state index in [1.165, 1.54) is 24.3 Å². The first-order valence-electron chi connectivity index (χ1n) is 10.6. The molecule has 4 atom stereocenters. The highest BCUT2D eigenvalue weighted by atomic mass is 19.1. The summed E-state index contributed by atoms with van der Waals surface area (Å²) < 4.78 is 36.3. The Balaban J connectivity index is 1.59. The monoisotopic (exact) mass is 464 g/mol. The molecule has 3 aromatic carbocycles. The van der Waals surface area contributed by atoms with Crippen LogP contribution < -0.4 is 0 Å². The van der Waals surface area contributed by atoms with Crippen LogP contribution in [0, 0.1) is 0 Å². The van der Waals surface area contributed by atoms with Crippen molar-refractivity contribution >= 4 is 17.9 Å². The zero-order valence-electron chi connectivity index (χ0n) is 17.9. The van der Waals surface area contributed by atoms with Crippen LogP contribution in [-0.4, -0.2) is 49.2 Å². The Kier molecular flexibility index (Phi) is 7.29. The number of carbonyl (C=O) groups excluding carboxylic acids is 3. The summed E-state index contributed by atoms with van der Waals surface area (Å²) >= 11 is 0. The lowest BCUT2D eigenvalue weighted by molar-refractivity contribution is -0.225. The summed E-state index contributed by atoms with van der Waals surface area (Å²) in [5.74, 6) is -2.35. The second kappa shape index (κ2) is 10.7. The molecule has 0 radical (unpaired) electrons. The van der Waals surface area contributed by atoms with Crippen molar-refractivity contribution in [1.82, 2.24) is 0 Å². The number of halogens is 1. The van der Waals surface area contributed by atoms with Crippen LogP contribution in [0.2, 0.25) is 0 Å². The number of alkyl halides is 1. The molecule has 3 aromatic rings. The predicted octanol–water partition coefficient (Wildman–Crippen LogP) is 3.99. The van der Waals surface area contributed by atoms with Crippen LogP contribution in [0.15, 0.2) is 91.0 Å². The molecule has 1 saturated heterocycles. The van der Waals surface area contributed by atoms with Gasteiger partial charge in [0.1, 0.15) is 0 Å². The number of rotatable bonds is 6. The zero-order valence-corrected chi connectivity index (χ0v) is 17.9. The lowest BCUT2D eigenvalue weighted by Crippen LogP contribution is -2.56. The van der Waals surface area contributed by atoms with Gasteiger partial charge in [0, 0.05) is 0 Å². The average Bonchev–Trinajstić information content (AvgIpc) is 2.89. The fraction of sp³-hybridized carbons (Fsp3) is 0.192. The van der Waals surface area contributed by atoms with Crippen LogP contribution in [0.25, 0.3) is 0 Å². The molecule has 0 aliphatic carbocycles. The Labute approximate surface area is 195 Å². The van der Waals surface area contributed by atoms with E-state index in [0.29, 0.717) is 0 Å². The minimum absolute atomic E-state index is 0.172. The maximum atomic E-state index is 14.8. The van der Waals surface area contributed by atoms with Gasteiger partial charge in [0.2, 0.25) is 6.36 Å². The molecule has 0 unspecified atom stereocenters. The molecule has 7 nitrogen and oxygen atoms in total. The summed E-state index contributed by atoms with van der Waals surface area (Å²) in [6.07, 6.45) is -6.44. The summed E-state index contributed by atoms with van der Waals surface area (Å²) in [6.45, 7) is -0.397. The quantitative estimate of drug-likeness (QED) is 0.403. The summed E-state index contributed by atoms with van der Waals surface area (Å²) in [4.78, 5) is 38.0. The number of hydrogen-bond acceptors (Lipinski definition) is 7. The zero-order chi connectivity index (χ0) is 23.9. The summed E-state index contributed by atoms with van der Waals surface area (Å²) in [6, 6.07) is 24.1. The van der Waals surface area contributed by atoms with Gasteiger partial charge in [0.25, 0.3) is 0 Å². The molecule has 0 spiro atoms. The Morgan fingerprint density at radius 2 is 1.00 bits per heavy atom. The number of hydrogen-bond donors (Lipinski definition) is 0. The van der Waals surface area contributed by atoms with Crippen molar-refractivity contribution in [2.45, 2.75) is 24.7 Å². The van der Waals surface area contributed by atoms with E-state index in [0.717, 1.165) is 0 Å². The van der Waals surface area contributed by atoms with Gasteiger partial charge in [0.05, 0.1) is 23.3 Å². The van der Waals surface area contributed by atoms with E-state index in [4.69, 9.17) is 18.9 Å².